The summed E-state index contributed by atoms with van der Waals surface area (Å²) in [6, 6.07) is 15.4. The number of rotatable bonds is 7. The zero-order valence-corrected chi connectivity index (χ0v) is 20.1. The third-order valence-electron chi connectivity index (χ3n) is 6.12. The van der Waals surface area contributed by atoms with Crippen molar-refractivity contribution in [2.45, 2.75) is 29.1 Å². The summed E-state index contributed by atoms with van der Waals surface area (Å²) in [5.41, 5.74) is 2.16. The van der Waals surface area contributed by atoms with Crippen LogP contribution < -0.4 is 5.32 Å². The Labute approximate surface area is 194 Å². The molecule has 1 fully saturated rings. The van der Waals surface area contributed by atoms with E-state index in [0.29, 0.717) is 25.9 Å². The molecule has 0 saturated carbocycles. The minimum Gasteiger partial charge on any atom is -0.355 e. The molecule has 0 unspecified atom stereocenters. The van der Waals surface area contributed by atoms with Crippen molar-refractivity contribution in [2.75, 3.05) is 25.9 Å². The molecule has 1 aromatic heterocycles. The van der Waals surface area contributed by atoms with Crippen LogP contribution in [0.2, 0.25) is 0 Å². The van der Waals surface area contributed by atoms with E-state index < -0.39 is 10.0 Å². The van der Waals surface area contributed by atoms with E-state index in [9.17, 15) is 13.2 Å². The number of amides is 1. The van der Waals surface area contributed by atoms with Crippen molar-refractivity contribution in [2.24, 2.45) is 13.0 Å². The Morgan fingerprint density at radius 1 is 1.16 bits per heavy atom. The van der Waals surface area contributed by atoms with Crippen molar-refractivity contribution in [1.29, 1.82) is 0 Å². The highest BCUT2D eigenvalue weighted by atomic mass is 32.2. The molecule has 1 aliphatic heterocycles. The molecule has 0 radical (unpaired) electrons. The van der Waals surface area contributed by atoms with Crippen LogP contribution in [0.1, 0.15) is 18.4 Å². The number of carbonyl (C=O) groups excluding carboxylic acids is 1. The Balaban J connectivity index is 1.37. The Morgan fingerprint density at radius 2 is 1.94 bits per heavy atom. The molecule has 32 heavy (non-hydrogen) atoms. The van der Waals surface area contributed by atoms with E-state index in [-0.39, 0.29) is 23.3 Å². The van der Waals surface area contributed by atoms with Gasteiger partial charge in [-0.25, -0.2) is 8.42 Å². The van der Waals surface area contributed by atoms with Crippen molar-refractivity contribution in [3.63, 3.8) is 0 Å². The van der Waals surface area contributed by atoms with Crippen molar-refractivity contribution >= 4 is 38.6 Å². The highest BCUT2D eigenvalue weighted by molar-refractivity contribution is 7.98. The predicted molar refractivity (Wildman–Crippen MR) is 129 cm³/mol. The topological polar surface area (TPSA) is 71.4 Å². The number of aryl methyl sites for hydroxylation is 1. The fourth-order valence-corrected chi connectivity index (χ4v) is 6.18. The molecule has 4 rings (SSSR count). The third kappa shape index (κ3) is 4.87. The van der Waals surface area contributed by atoms with Gasteiger partial charge in [-0.05, 0) is 67.5 Å². The van der Waals surface area contributed by atoms with Gasteiger partial charge in [0.05, 0.1) is 10.8 Å². The maximum Gasteiger partial charge on any atom is 0.243 e. The van der Waals surface area contributed by atoms with Gasteiger partial charge in [0, 0.05) is 48.7 Å². The Kier molecular flexibility index (Phi) is 6.93. The molecular formula is C24H29N3O3S2. The minimum absolute atomic E-state index is 0.0656. The Bertz CT molecular complexity index is 1200. The second kappa shape index (κ2) is 9.68. The average molecular weight is 472 g/mol. The number of nitrogens with zero attached hydrogens (tertiary/aromatic N) is 2. The lowest BCUT2D eigenvalue weighted by Crippen LogP contribution is -2.45. The maximum atomic E-state index is 13.2. The van der Waals surface area contributed by atoms with Crippen LogP contribution in [0.3, 0.4) is 0 Å². The fraction of sp³-hybridized carbons (Fsp3) is 0.375. The van der Waals surface area contributed by atoms with Gasteiger partial charge in [0.2, 0.25) is 15.9 Å². The highest BCUT2D eigenvalue weighted by Gasteiger charge is 2.33. The number of fused-ring (bicyclic) bond motifs is 1. The first-order chi connectivity index (χ1) is 15.4. The van der Waals surface area contributed by atoms with E-state index in [1.165, 1.54) is 14.8 Å². The first kappa shape index (κ1) is 22.9. The number of sulfonamides is 1. The van der Waals surface area contributed by atoms with Gasteiger partial charge < -0.3 is 9.88 Å². The van der Waals surface area contributed by atoms with E-state index in [4.69, 9.17) is 0 Å². The summed E-state index contributed by atoms with van der Waals surface area (Å²) in [5.74, 6) is -0.387. The Hall–Kier alpha value is -2.29. The number of piperidine rings is 1. The standard InChI is InChI=1S/C24H29N3O3S2/c1-26-15-12-19-16-22(9-10-23(19)26)32(29,30)27-14-3-4-20(17-27)24(28)25-13-11-18-5-7-21(31-2)8-6-18/h5-10,12,15-16,20H,3-4,11,13-14,17H2,1-2H3,(H,25,28)/t20-/m1/s1. The highest BCUT2D eigenvalue weighted by Crippen LogP contribution is 2.26. The van der Waals surface area contributed by atoms with Crippen LogP contribution in [0, 0.1) is 5.92 Å². The van der Waals surface area contributed by atoms with Crippen LogP contribution >= 0.6 is 11.8 Å². The molecule has 2 heterocycles. The molecule has 1 atom stereocenters. The first-order valence-electron chi connectivity index (χ1n) is 10.8. The maximum absolute atomic E-state index is 13.2. The van der Waals surface area contributed by atoms with Crippen LogP contribution in [0.4, 0.5) is 0 Å². The van der Waals surface area contributed by atoms with Crippen molar-refractivity contribution in [3.05, 3.63) is 60.3 Å². The van der Waals surface area contributed by atoms with Gasteiger partial charge in [0.1, 0.15) is 0 Å². The van der Waals surface area contributed by atoms with Gasteiger partial charge in [-0.1, -0.05) is 12.1 Å². The molecule has 6 nitrogen and oxygen atoms in total. The summed E-state index contributed by atoms with van der Waals surface area (Å²) in [6.45, 7) is 1.22. The summed E-state index contributed by atoms with van der Waals surface area (Å²) in [6.07, 6.45) is 6.10. The summed E-state index contributed by atoms with van der Waals surface area (Å²) >= 11 is 1.70. The zero-order valence-electron chi connectivity index (χ0n) is 18.5. The SMILES string of the molecule is CSc1ccc(CCNC(=O)[C@@H]2CCCN(S(=O)(=O)c3ccc4c(ccn4C)c3)C2)cc1. The molecule has 2 aromatic carbocycles. The summed E-state index contributed by atoms with van der Waals surface area (Å²) in [7, 11) is -1.70. The quantitative estimate of drug-likeness (QED) is 0.534. The average Bonchev–Trinajstić information content (AvgIpc) is 3.19. The van der Waals surface area contributed by atoms with Crippen LogP contribution in [-0.4, -0.2) is 49.1 Å². The van der Waals surface area contributed by atoms with E-state index >= 15 is 0 Å². The van der Waals surface area contributed by atoms with Crippen LogP contribution in [-0.2, 0) is 28.3 Å². The van der Waals surface area contributed by atoms with Crippen molar-refractivity contribution in [1.82, 2.24) is 14.2 Å². The fourth-order valence-electron chi connectivity index (χ4n) is 4.21. The lowest BCUT2D eigenvalue weighted by molar-refractivity contribution is -0.126. The van der Waals surface area contributed by atoms with Crippen molar-refractivity contribution < 1.29 is 13.2 Å². The lowest BCUT2D eigenvalue weighted by atomic mass is 9.99. The number of nitrogens with one attached hydrogen (secondary N) is 1. The smallest absolute Gasteiger partial charge is 0.243 e. The number of thioether (sulfide) groups is 1. The number of hydrogen-bond donors (Lipinski definition) is 1. The van der Waals surface area contributed by atoms with Gasteiger partial charge in [-0.3, -0.25) is 4.79 Å². The van der Waals surface area contributed by atoms with Gasteiger partial charge in [-0.2, -0.15) is 4.31 Å². The molecule has 3 aromatic rings. The second-order valence-corrected chi connectivity index (χ2v) is 11.1. The number of hydrogen-bond acceptors (Lipinski definition) is 4. The third-order valence-corrected chi connectivity index (χ3v) is 8.73. The Morgan fingerprint density at radius 3 is 2.69 bits per heavy atom. The first-order valence-corrected chi connectivity index (χ1v) is 13.5. The van der Waals surface area contributed by atoms with E-state index in [0.717, 1.165) is 17.3 Å². The predicted octanol–water partition coefficient (Wildman–Crippen LogP) is 3.66. The van der Waals surface area contributed by atoms with E-state index in [1.807, 2.05) is 36.2 Å². The summed E-state index contributed by atoms with van der Waals surface area (Å²) in [5, 5.41) is 3.89. The minimum atomic E-state index is -3.64. The van der Waals surface area contributed by atoms with Gasteiger partial charge in [-0.15, -0.1) is 11.8 Å². The van der Waals surface area contributed by atoms with Gasteiger partial charge >= 0.3 is 0 Å². The monoisotopic (exact) mass is 471 g/mol. The second-order valence-electron chi connectivity index (χ2n) is 8.24. The van der Waals surface area contributed by atoms with Crippen LogP contribution in [0.15, 0.2) is 64.5 Å². The van der Waals surface area contributed by atoms with Crippen LogP contribution in [0.25, 0.3) is 10.9 Å². The molecule has 1 aliphatic rings. The van der Waals surface area contributed by atoms with Gasteiger partial charge in [0.25, 0.3) is 0 Å². The number of aromatic nitrogens is 1. The largest absolute Gasteiger partial charge is 0.355 e. The molecule has 170 valence electrons. The van der Waals surface area contributed by atoms with E-state index in [2.05, 4.69) is 29.6 Å². The summed E-state index contributed by atoms with van der Waals surface area (Å²) in [4.78, 5) is 14.2. The molecule has 0 aliphatic carbocycles. The molecule has 0 bridgehead atoms. The normalized spacial score (nSPS) is 17.5. The van der Waals surface area contributed by atoms with Gasteiger partial charge in [0.15, 0.2) is 0 Å². The molecule has 1 saturated heterocycles. The number of carbonyl (C=O) groups is 1. The van der Waals surface area contributed by atoms with Crippen LogP contribution in [0.5, 0.6) is 0 Å². The summed E-state index contributed by atoms with van der Waals surface area (Å²) < 4.78 is 29.9. The lowest BCUT2D eigenvalue weighted by Gasteiger charge is -2.31. The molecule has 0 spiro atoms. The molecule has 8 heteroatoms. The zero-order chi connectivity index (χ0) is 22.7. The van der Waals surface area contributed by atoms with E-state index in [1.54, 1.807) is 23.9 Å². The molecule has 1 amide bonds. The number of benzene rings is 2. The molecule has 1 N–H and O–H groups in total. The molecular weight excluding hydrogens is 442 g/mol. The van der Waals surface area contributed by atoms with Crippen molar-refractivity contribution in [3.8, 4) is 0 Å².